The number of carbonyl (C=O) groups is 1. The average molecular weight is 473 g/mol. The van der Waals surface area contributed by atoms with Crippen LogP contribution < -0.4 is 4.74 Å². The second-order valence-electron chi connectivity index (χ2n) is 7.06. The molecule has 1 atom stereocenters. The van der Waals surface area contributed by atoms with Crippen LogP contribution in [0.15, 0.2) is 29.2 Å². The molecule has 0 aliphatic heterocycles. The maximum atomic E-state index is 13.5. The molecule has 0 heterocycles. The van der Waals surface area contributed by atoms with Crippen molar-refractivity contribution in [3.05, 3.63) is 24.3 Å². The number of carbonyl (C=O) groups excluding carboxylic acids is 1. The maximum Gasteiger partial charge on any atom is 0.343 e. The van der Waals surface area contributed by atoms with E-state index in [-0.39, 0.29) is 29.8 Å². The molecule has 0 aromatic heterocycles. The van der Waals surface area contributed by atoms with Crippen molar-refractivity contribution in [1.82, 2.24) is 9.37 Å². The largest absolute Gasteiger partial charge is 0.481 e. The van der Waals surface area contributed by atoms with Crippen molar-refractivity contribution in [3.8, 4) is 17.6 Å². The summed E-state index contributed by atoms with van der Waals surface area (Å²) >= 11 is 5.84. The van der Waals surface area contributed by atoms with E-state index in [2.05, 4.69) is 11.8 Å². The van der Waals surface area contributed by atoms with Crippen LogP contribution in [0.1, 0.15) is 41.0 Å². The molecule has 174 valence electrons. The highest BCUT2D eigenvalue weighted by atomic mass is 35.5. The summed E-state index contributed by atoms with van der Waals surface area (Å²) in [6.07, 6.45) is 0.402. The van der Waals surface area contributed by atoms with Crippen molar-refractivity contribution in [2.75, 3.05) is 32.1 Å². The fraction of sp³-hybridized carbons (Fsp3) is 0.591. The molecule has 7 nitrogen and oxygen atoms in total. The smallest absolute Gasteiger partial charge is 0.343 e. The van der Waals surface area contributed by atoms with Crippen LogP contribution >= 0.6 is 11.6 Å². The van der Waals surface area contributed by atoms with E-state index in [0.717, 1.165) is 0 Å². The fourth-order valence-electron chi connectivity index (χ4n) is 2.92. The van der Waals surface area contributed by atoms with Gasteiger partial charge < -0.3 is 9.57 Å². The zero-order valence-corrected chi connectivity index (χ0v) is 20.5. The third kappa shape index (κ3) is 8.00. The average Bonchev–Trinajstić information content (AvgIpc) is 2.74. The molecule has 1 rings (SSSR count). The van der Waals surface area contributed by atoms with Crippen LogP contribution in [0.3, 0.4) is 0 Å². The molecule has 0 saturated carbocycles. The summed E-state index contributed by atoms with van der Waals surface area (Å²) in [5.74, 6) is 5.39. The lowest BCUT2D eigenvalue weighted by molar-refractivity contribution is -0.194. The Kier molecular flexibility index (Phi) is 11.9. The van der Waals surface area contributed by atoms with Gasteiger partial charge in [0.15, 0.2) is 0 Å². The number of sulfonamides is 1. The van der Waals surface area contributed by atoms with Gasteiger partial charge in [0.2, 0.25) is 10.0 Å². The quantitative estimate of drug-likeness (QED) is 0.248. The number of rotatable bonds is 13. The number of halogens is 1. The molecule has 0 bridgehead atoms. The van der Waals surface area contributed by atoms with Crippen LogP contribution in [0.5, 0.6) is 5.75 Å². The van der Waals surface area contributed by atoms with E-state index in [4.69, 9.17) is 21.2 Å². The first kappa shape index (κ1) is 27.2. The first-order valence-corrected chi connectivity index (χ1v) is 12.4. The lowest BCUT2D eigenvalue weighted by atomic mass is 10.0. The first-order valence-electron chi connectivity index (χ1n) is 10.4. The van der Waals surface area contributed by atoms with E-state index in [1.165, 1.54) is 21.5 Å². The molecular weight excluding hydrogens is 440 g/mol. The van der Waals surface area contributed by atoms with Crippen molar-refractivity contribution in [2.24, 2.45) is 5.92 Å². The minimum absolute atomic E-state index is 0.0669. The van der Waals surface area contributed by atoms with E-state index in [1.54, 1.807) is 32.9 Å². The number of hydrogen-bond donors (Lipinski definition) is 0. The van der Waals surface area contributed by atoms with E-state index in [1.807, 2.05) is 13.8 Å². The van der Waals surface area contributed by atoms with E-state index in [9.17, 15) is 13.2 Å². The van der Waals surface area contributed by atoms with Gasteiger partial charge in [-0.15, -0.1) is 22.6 Å². The summed E-state index contributed by atoms with van der Waals surface area (Å²) < 4.78 is 33.6. The Bertz CT molecular complexity index is 843. The van der Waals surface area contributed by atoms with Crippen molar-refractivity contribution in [1.29, 1.82) is 0 Å². The van der Waals surface area contributed by atoms with Crippen molar-refractivity contribution in [2.45, 2.75) is 52.0 Å². The second kappa shape index (κ2) is 13.6. The predicted molar refractivity (Wildman–Crippen MR) is 122 cm³/mol. The Labute approximate surface area is 191 Å². The summed E-state index contributed by atoms with van der Waals surface area (Å²) in [5.41, 5.74) is 0. The van der Waals surface area contributed by atoms with Gasteiger partial charge in [-0.25, -0.2) is 13.2 Å². The second-order valence-corrected chi connectivity index (χ2v) is 9.33. The number of hydrogen-bond acceptors (Lipinski definition) is 6. The number of ether oxygens (including phenoxy) is 1. The lowest BCUT2D eigenvalue weighted by Crippen LogP contribution is -2.50. The van der Waals surface area contributed by atoms with Gasteiger partial charge in [0, 0.05) is 25.5 Å². The van der Waals surface area contributed by atoms with Gasteiger partial charge in [-0.05, 0) is 57.4 Å². The van der Waals surface area contributed by atoms with Gasteiger partial charge in [-0.1, -0.05) is 19.8 Å². The third-order valence-corrected chi connectivity index (χ3v) is 6.70. The van der Waals surface area contributed by atoms with Crippen molar-refractivity contribution in [3.63, 3.8) is 0 Å². The topological polar surface area (TPSA) is 76.2 Å². The number of alkyl halides is 1. The number of benzene rings is 1. The Morgan fingerprint density at radius 2 is 1.77 bits per heavy atom. The Balaban J connectivity index is 3.25. The predicted octanol–water partition coefficient (Wildman–Crippen LogP) is 3.53. The van der Waals surface area contributed by atoms with Gasteiger partial charge >= 0.3 is 5.97 Å². The molecule has 0 aliphatic rings. The molecule has 31 heavy (non-hydrogen) atoms. The van der Waals surface area contributed by atoms with Gasteiger partial charge in [0.05, 0.1) is 4.90 Å². The van der Waals surface area contributed by atoms with Crippen LogP contribution in [-0.4, -0.2) is 61.9 Å². The van der Waals surface area contributed by atoms with Gasteiger partial charge in [0.1, 0.15) is 18.4 Å². The molecule has 0 saturated heterocycles. The fourth-order valence-corrected chi connectivity index (χ4v) is 4.78. The summed E-state index contributed by atoms with van der Waals surface area (Å²) in [6.45, 7) is 10.4. The SMILES string of the molecule is CC#CCOc1ccc(S(=O)(=O)N(CCCCl)C(C(=O)ON(CC)CC)C(C)C)cc1. The monoisotopic (exact) mass is 472 g/mol. The number of nitrogens with zero attached hydrogens (tertiary/aromatic N) is 2. The van der Waals surface area contributed by atoms with Crippen LogP contribution in [0.2, 0.25) is 0 Å². The van der Waals surface area contributed by atoms with Crippen LogP contribution in [-0.2, 0) is 19.7 Å². The van der Waals surface area contributed by atoms with E-state index < -0.39 is 22.0 Å². The summed E-state index contributed by atoms with van der Waals surface area (Å²) in [5, 5.41) is 1.50. The van der Waals surface area contributed by atoms with Crippen molar-refractivity contribution >= 4 is 27.6 Å². The van der Waals surface area contributed by atoms with Gasteiger partial charge in [0.25, 0.3) is 0 Å². The molecule has 0 radical (unpaired) electrons. The van der Waals surface area contributed by atoms with Crippen LogP contribution in [0, 0.1) is 17.8 Å². The van der Waals surface area contributed by atoms with E-state index in [0.29, 0.717) is 25.3 Å². The molecule has 0 fully saturated rings. The molecule has 0 N–H and O–H groups in total. The van der Waals surface area contributed by atoms with Gasteiger partial charge in [-0.2, -0.15) is 4.31 Å². The summed E-state index contributed by atoms with van der Waals surface area (Å²) in [7, 11) is -3.98. The standard InChI is InChI=1S/C22H33ClN2O5S/c1-6-9-17-29-19-11-13-20(14-12-19)31(27,28)25(16-10-15-23)21(18(4)5)22(26)30-24(7-2)8-3/h11-14,18,21H,7-8,10,15-17H2,1-5H3. The maximum absolute atomic E-state index is 13.5. The molecule has 1 unspecified atom stereocenters. The normalized spacial score (nSPS) is 12.5. The first-order chi connectivity index (χ1) is 14.7. The zero-order valence-electron chi connectivity index (χ0n) is 18.9. The Morgan fingerprint density at radius 3 is 2.26 bits per heavy atom. The molecular formula is C22H33ClN2O5S. The van der Waals surface area contributed by atoms with Crippen molar-refractivity contribution < 1.29 is 22.8 Å². The molecule has 1 aromatic carbocycles. The Morgan fingerprint density at radius 1 is 1.16 bits per heavy atom. The Hall–Kier alpha value is -1.79. The van der Waals surface area contributed by atoms with E-state index >= 15 is 0 Å². The third-order valence-electron chi connectivity index (χ3n) is 4.54. The molecule has 1 aromatic rings. The molecule has 0 spiro atoms. The highest BCUT2D eigenvalue weighted by molar-refractivity contribution is 7.89. The zero-order chi connectivity index (χ0) is 23.4. The minimum atomic E-state index is -3.98. The molecule has 0 amide bonds. The lowest BCUT2D eigenvalue weighted by Gasteiger charge is -2.33. The summed E-state index contributed by atoms with van der Waals surface area (Å²) in [6, 6.07) is 5.09. The highest BCUT2D eigenvalue weighted by Gasteiger charge is 2.39. The highest BCUT2D eigenvalue weighted by Crippen LogP contribution is 2.25. The molecule has 9 heteroatoms. The number of hydroxylamine groups is 2. The van der Waals surface area contributed by atoms with Gasteiger partial charge in [-0.3, -0.25) is 0 Å². The molecule has 0 aliphatic carbocycles. The van der Waals surface area contributed by atoms with Crippen LogP contribution in [0.25, 0.3) is 0 Å². The summed E-state index contributed by atoms with van der Waals surface area (Å²) in [4.78, 5) is 18.5. The van der Waals surface area contributed by atoms with Crippen LogP contribution in [0.4, 0.5) is 0 Å². The minimum Gasteiger partial charge on any atom is -0.481 e.